The molecule has 1 aliphatic carbocycles. The van der Waals surface area contributed by atoms with Gasteiger partial charge in [-0.05, 0) is 48.9 Å². The molecule has 2 N–H and O–H groups in total. The van der Waals surface area contributed by atoms with Crippen molar-refractivity contribution < 1.29 is 18.7 Å². The molecule has 2 amide bonds. The number of benzene rings is 1. The first kappa shape index (κ1) is 20.8. The maximum Gasteiger partial charge on any atom is 0.323 e. The Morgan fingerprint density at radius 3 is 2.81 bits per heavy atom. The van der Waals surface area contributed by atoms with Gasteiger partial charge in [-0.3, -0.25) is 9.69 Å². The summed E-state index contributed by atoms with van der Waals surface area (Å²) in [7, 11) is 0. The zero-order valence-corrected chi connectivity index (χ0v) is 18.5. The van der Waals surface area contributed by atoms with Crippen molar-refractivity contribution in [3.8, 4) is 0 Å². The number of Topliss-reactive ketones (excluding diaryl/α,β-unsaturated/α-hetero) is 1. The Bertz CT molecular complexity index is 1050. The minimum atomic E-state index is -0.649. The lowest BCUT2D eigenvalue weighted by molar-refractivity contribution is -0.118. The molecule has 1 aromatic carbocycles. The second-order valence-electron chi connectivity index (χ2n) is 9.58. The van der Waals surface area contributed by atoms with Gasteiger partial charge in [0.1, 0.15) is 11.8 Å². The van der Waals surface area contributed by atoms with Gasteiger partial charge in [0.05, 0.1) is 23.7 Å². The van der Waals surface area contributed by atoms with Crippen LogP contribution in [0, 0.1) is 5.41 Å². The number of allylic oxidation sites excluding steroid dienone is 1. The molecule has 1 saturated heterocycles. The van der Waals surface area contributed by atoms with Crippen LogP contribution in [0.2, 0.25) is 0 Å². The van der Waals surface area contributed by atoms with Crippen LogP contribution in [0.25, 0.3) is 0 Å². The third-order valence-electron chi connectivity index (χ3n) is 6.44. The van der Waals surface area contributed by atoms with Crippen molar-refractivity contribution in [2.24, 2.45) is 5.41 Å². The fraction of sp³-hybridized carbons (Fsp3) is 0.440. The average molecular weight is 436 g/mol. The van der Waals surface area contributed by atoms with Gasteiger partial charge in [0.25, 0.3) is 0 Å². The van der Waals surface area contributed by atoms with Crippen LogP contribution in [-0.2, 0) is 9.53 Å². The fourth-order valence-electron chi connectivity index (χ4n) is 5.02. The molecule has 3 aliphatic rings. The van der Waals surface area contributed by atoms with Crippen molar-refractivity contribution in [1.29, 1.82) is 0 Å². The molecule has 0 saturated carbocycles. The summed E-state index contributed by atoms with van der Waals surface area (Å²) in [6, 6.07) is 10.4. The van der Waals surface area contributed by atoms with Crippen LogP contribution in [0.5, 0.6) is 0 Å². The summed E-state index contributed by atoms with van der Waals surface area (Å²) in [5.74, 6) is 0.603. The molecule has 0 bridgehead atoms. The van der Waals surface area contributed by atoms with Gasteiger partial charge in [-0.2, -0.15) is 0 Å². The molecular weight excluding hydrogens is 406 g/mol. The number of hydrogen-bond donors (Lipinski definition) is 2. The number of carbonyl (C=O) groups is 2. The number of amides is 2. The summed E-state index contributed by atoms with van der Waals surface area (Å²) in [6.45, 7) is 5.36. The van der Waals surface area contributed by atoms with Crippen LogP contribution in [0.1, 0.15) is 51.3 Å². The minimum absolute atomic E-state index is 0.0215. The molecule has 2 atom stereocenters. The highest BCUT2D eigenvalue weighted by Crippen LogP contribution is 2.48. The molecule has 2 aliphatic heterocycles. The largest absolute Gasteiger partial charge is 0.467 e. The number of hydrogen-bond acceptors (Lipinski definition) is 5. The Kier molecular flexibility index (Phi) is 5.29. The second-order valence-corrected chi connectivity index (χ2v) is 9.58. The highest BCUT2D eigenvalue weighted by Gasteiger charge is 2.44. The van der Waals surface area contributed by atoms with E-state index in [9.17, 15) is 9.59 Å². The predicted octanol–water partition coefficient (Wildman–Crippen LogP) is 4.78. The number of ether oxygens (including phenoxy) is 1. The van der Waals surface area contributed by atoms with Crippen LogP contribution in [-0.4, -0.2) is 31.1 Å². The van der Waals surface area contributed by atoms with E-state index in [1.165, 1.54) is 0 Å². The number of fused-ring (bicyclic) bond motifs is 1. The Balaban J connectivity index is 1.61. The molecule has 2 unspecified atom stereocenters. The molecule has 7 heteroatoms. The summed E-state index contributed by atoms with van der Waals surface area (Å²) in [5.41, 5.74) is 2.80. The normalized spacial score (nSPS) is 24.4. The first-order valence-electron chi connectivity index (χ1n) is 11.3. The number of ketones is 1. The topological polar surface area (TPSA) is 83.8 Å². The Hall–Kier alpha value is -3.06. The third-order valence-corrected chi connectivity index (χ3v) is 6.44. The molecule has 5 rings (SSSR count). The van der Waals surface area contributed by atoms with E-state index in [1.54, 1.807) is 17.2 Å². The summed E-state index contributed by atoms with van der Waals surface area (Å²) in [5, 5.41) is 6.53. The summed E-state index contributed by atoms with van der Waals surface area (Å²) in [4.78, 5) is 28.8. The lowest BCUT2D eigenvalue weighted by Gasteiger charge is -2.36. The SMILES string of the molecule is CC1(C)CC(=O)C2=C(C1)Nc1ccccc1N(C(=O)NCC1CCCO1)C2c1ccco1. The number of furan rings is 1. The summed E-state index contributed by atoms with van der Waals surface area (Å²) < 4.78 is 11.5. The average Bonchev–Trinajstić information content (AvgIpc) is 3.43. The number of anilines is 2. The van der Waals surface area contributed by atoms with Crippen LogP contribution >= 0.6 is 0 Å². The first-order valence-corrected chi connectivity index (χ1v) is 11.3. The maximum absolute atomic E-state index is 13.6. The van der Waals surface area contributed by atoms with Gasteiger partial charge in [-0.1, -0.05) is 26.0 Å². The van der Waals surface area contributed by atoms with E-state index in [0.717, 1.165) is 30.8 Å². The molecule has 1 aromatic heterocycles. The molecule has 1 fully saturated rings. The zero-order chi connectivity index (χ0) is 22.3. The van der Waals surface area contributed by atoms with Gasteiger partial charge in [0.15, 0.2) is 5.78 Å². The van der Waals surface area contributed by atoms with Gasteiger partial charge in [0.2, 0.25) is 0 Å². The quantitative estimate of drug-likeness (QED) is 0.725. The van der Waals surface area contributed by atoms with Gasteiger partial charge >= 0.3 is 6.03 Å². The summed E-state index contributed by atoms with van der Waals surface area (Å²) >= 11 is 0. The van der Waals surface area contributed by atoms with Gasteiger partial charge < -0.3 is 19.8 Å². The van der Waals surface area contributed by atoms with Gasteiger partial charge in [0, 0.05) is 30.8 Å². The van der Waals surface area contributed by atoms with E-state index < -0.39 is 6.04 Å². The van der Waals surface area contributed by atoms with Crippen molar-refractivity contribution in [1.82, 2.24) is 5.32 Å². The highest BCUT2D eigenvalue weighted by atomic mass is 16.5. The van der Waals surface area contributed by atoms with Gasteiger partial charge in [-0.15, -0.1) is 0 Å². The number of para-hydroxylation sites is 2. The number of nitrogens with zero attached hydrogens (tertiary/aromatic N) is 1. The van der Waals surface area contributed by atoms with Crippen molar-refractivity contribution in [2.75, 3.05) is 23.4 Å². The molecular formula is C25H29N3O4. The van der Waals surface area contributed by atoms with Gasteiger partial charge in [-0.25, -0.2) is 4.79 Å². The summed E-state index contributed by atoms with van der Waals surface area (Å²) in [6.07, 6.45) is 4.68. The van der Waals surface area contributed by atoms with Crippen LogP contribution in [0.3, 0.4) is 0 Å². The lowest BCUT2D eigenvalue weighted by atomic mass is 9.74. The molecule has 0 spiro atoms. The molecule has 7 nitrogen and oxygen atoms in total. The molecule has 168 valence electrons. The van der Waals surface area contributed by atoms with Crippen molar-refractivity contribution in [3.63, 3.8) is 0 Å². The van der Waals surface area contributed by atoms with Crippen LogP contribution in [0.4, 0.5) is 16.2 Å². The Morgan fingerprint density at radius 2 is 2.06 bits per heavy atom. The molecule has 0 radical (unpaired) electrons. The maximum atomic E-state index is 13.6. The lowest BCUT2D eigenvalue weighted by Crippen LogP contribution is -2.46. The fourth-order valence-corrected chi connectivity index (χ4v) is 5.02. The molecule has 32 heavy (non-hydrogen) atoms. The monoisotopic (exact) mass is 435 g/mol. The van der Waals surface area contributed by atoms with Crippen molar-refractivity contribution in [3.05, 3.63) is 59.7 Å². The van der Waals surface area contributed by atoms with E-state index in [0.29, 0.717) is 36.4 Å². The molecule has 2 aromatic rings. The minimum Gasteiger partial charge on any atom is -0.467 e. The number of nitrogens with one attached hydrogen (secondary N) is 2. The van der Waals surface area contributed by atoms with Crippen molar-refractivity contribution in [2.45, 2.75) is 51.7 Å². The predicted molar refractivity (Wildman–Crippen MR) is 121 cm³/mol. The Morgan fingerprint density at radius 1 is 1.22 bits per heavy atom. The van der Waals surface area contributed by atoms with E-state index in [-0.39, 0.29) is 23.3 Å². The van der Waals surface area contributed by atoms with Crippen LogP contribution in [0.15, 0.2) is 58.3 Å². The first-order chi connectivity index (χ1) is 15.4. The Labute approximate surface area is 187 Å². The number of rotatable bonds is 3. The van der Waals surface area contributed by atoms with Crippen molar-refractivity contribution >= 4 is 23.2 Å². The van der Waals surface area contributed by atoms with Crippen LogP contribution < -0.4 is 15.5 Å². The third kappa shape index (κ3) is 3.81. The zero-order valence-electron chi connectivity index (χ0n) is 18.5. The highest BCUT2D eigenvalue weighted by molar-refractivity contribution is 6.05. The van der Waals surface area contributed by atoms with E-state index in [1.807, 2.05) is 30.3 Å². The smallest absolute Gasteiger partial charge is 0.323 e. The number of carbonyl (C=O) groups excluding carboxylic acids is 2. The standard InChI is InChI=1S/C25H29N3O4/c1-25(2)13-18-22(20(29)14-25)23(21-10-6-12-32-21)28(19-9-4-3-8-17(19)27-18)24(30)26-15-16-7-5-11-31-16/h3-4,6,8-10,12,16,23,27H,5,7,11,13-15H2,1-2H3,(H,26,30). The molecule has 3 heterocycles. The van der Waals surface area contributed by atoms with E-state index in [2.05, 4.69) is 24.5 Å². The second kappa shape index (κ2) is 8.13. The van der Waals surface area contributed by atoms with E-state index >= 15 is 0 Å². The number of urea groups is 1. The van der Waals surface area contributed by atoms with E-state index in [4.69, 9.17) is 9.15 Å².